The van der Waals surface area contributed by atoms with Gasteiger partial charge in [0.25, 0.3) is 0 Å². The van der Waals surface area contributed by atoms with E-state index in [0.717, 1.165) is 33.8 Å². The van der Waals surface area contributed by atoms with Gasteiger partial charge in [-0.2, -0.15) is 5.10 Å². The molecule has 0 bridgehead atoms. The maximum atomic E-state index is 10.3. The lowest BCUT2D eigenvalue weighted by atomic mass is 10.0. The molecule has 4 rings (SSSR count). The van der Waals surface area contributed by atoms with Gasteiger partial charge in [0.1, 0.15) is 5.75 Å². The molecule has 4 heteroatoms. The fourth-order valence-corrected chi connectivity index (χ4v) is 3.22. The van der Waals surface area contributed by atoms with Crippen LogP contribution in [0.1, 0.15) is 28.6 Å². The van der Waals surface area contributed by atoms with Crippen LogP contribution in [-0.2, 0) is 0 Å². The van der Waals surface area contributed by atoms with Crippen molar-refractivity contribution in [1.29, 1.82) is 0 Å². The van der Waals surface area contributed by atoms with Crippen molar-refractivity contribution >= 4 is 5.69 Å². The summed E-state index contributed by atoms with van der Waals surface area (Å²) in [5.74, 6) is 0.280. The number of fused-ring (bicyclic) bond motifs is 3. The fourth-order valence-electron chi connectivity index (χ4n) is 3.22. The topological polar surface area (TPSA) is 50.1 Å². The first-order valence-electron chi connectivity index (χ1n) is 7.76. The van der Waals surface area contributed by atoms with Crippen LogP contribution in [0.3, 0.4) is 0 Å². The molecule has 0 amide bonds. The van der Waals surface area contributed by atoms with Crippen molar-refractivity contribution in [2.75, 3.05) is 5.32 Å². The molecule has 0 spiro atoms. The van der Waals surface area contributed by atoms with Crippen molar-refractivity contribution in [3.8, 4) is 17.0 Å². The Hall–Kier alpha value is -2.75. The Morgan fingerprint density at radius 2 is 1.74 bits per heavy atom. The zero-order valence-corrected chi connectivity index (χ0v) is 13.5. The lowest BCUT2D eigenvalue weighted by Crippen LogP contribution is -2.25. The first kappa shape index (κ1) is 13.9. The molecule has 4 nitrogen and oxygen atoms in total. The summed E-state index contributed by atoms with van der Waals surface area (Å²) in [5.41, 5.74) is 7.41. The van der Waals surface area contributed by atoms with Gasteiger partial charge in [-0.05, 0) is 51.1 Å². The minimum Gasteiger partial charge on any atom is -0.508 e. The number of aromatic hydroxyl groups is 1. The van der Waals surface area contributed by atoms with Gasteiger partial charge in [-0.15, -0.1) is 0 Å². The molecule has 0 aliphatic carbocycles. The maximum absolute atomic E-state index is 10.3. The molecular formula is C19H19N3O. The predicted molar refractivity (Wildman–Crippen MR) is 91.7 cm³/mol. The van der Waals surface area contributed by atoms with E-state index in [0.29, 0.717) is 0 Å². The van der Waals surface area contributed by atoms with Crippen molar-refractivity contribution in [1.82, 2.24) is 9.78 Å². The molecule has 0 fully saturated rings. The summed E-state index contributed by atoms with van der Waals surface area (Å²) in [6.45, 7) is 6.11. The quantitative estimate of drug-likeness (QED) is 0.710. The number of nitrogens with zero attached hydrogens (tertiary/aromatic N) is 2. The summed E-state index contributed by atoms with van der Waals surface area (Å²) >= 11 is 0. The number of hydrogen-bond acceptors (Lipinski definition) is 3. The molecule has 1 aliphatic heterocycles. The van der Waals surface area contributed by atoms with Gasteiger partial charge in [0.05, 0.1) is 11.4 Å². The van der Waals surface area contributed by atoms with Gasteiger partial charge >= 0.3 is 0 Å². The van der Waals surface area contributed by atoms with E-state index >= 15 is 0 Å². The van der Waals surface area contributed by atoms with Crippen molar-refractivity contribution in [2.45, 2.75) is 26.9 Å². The van der Waals surface area contributed by atoms with Gasteiger partial charge < -0.3 is 10.4 Å². The van der Waals surface area contributed by atoms with E-state index in [-0.39, 0.29) is 11.9 Å². The third kappa shape index (κ3) is 2.18. The third-order valence-electron chi connectivity index (χ3n) is 4.32. The molecule has 1 aromatic heterocycles. The average Bonchev–Trinajstić information content (AvgIpc) is 2.91. The Bertz CT molecular complexity index is 911. The van der Waals surface area contributed by atoms with E-state index in [1.54, 1.807) is 6.07 Å². The second-order valence-corrected chi connectivity index (χ2v) is 6.27. The number of benzene rings is 2. The first-order chi connectivity index (χ1) is 11.0. The number of hydrogen-bond donors (Lipinski definition) is 2. The maximum Gasteiger partial charge on any atom is 0.150 e. The number of phenols is 1. The Morgan fingerprint density at radius 3 is 2.57 bits per heavy atom. The highest BCUT2D eigenvalue weighted by Crippen LogP contribution is 2.40. The monoisotopic (exact) mass is 305 g/mol. The summed E-state index contributed by atoms with van der Waals surface area (Å²) < 4.78 is 1.96. The third-order valence-corrected chi connectivity index (χ3v) is 4.32. The zero-order valence-electron chi connectivity index (χ0n) is 13.5. The number of rotatable bonds is 1. The molecule has 2 N–H and O–H groups in total. The van der Waals surface area contributed by atoms with Crippen LogP contribution in [0.5, 0.6) is 5.75 Å². The fraction of sp³-hybridized carbons (Fsp3) is 0.211. The van der Waals surface area contributed by atoms with Crippen LogP contribution in [0, 0.1) is 20.8 Å². The highest BCUT2D eigenvalue weighted by molar-refractivity contribution is 5.79. The van der Waals surface area contributed by atoms with E-state index in [9.17, 15) is 5.11 Å². The molecule has 0 saturated heterocycles. The number of anilines is 1. The lowest BCUT2D eigenvalue weighted by Gasteiger charge is -2.30. The summed E-state index contributed by atoms with van der Waals surface area (Å²) in [4.78, 5) is 0. The summed E-state index contributed by atoms with van der Waals surface area (Å²) in [6, 6.07) is 14.1. The van der Waals surface area contributed by atoms with Crippen LogP contribution in [0.4, 0.5) is 5.69 Å². The number of aromatic nitrogens is 2. The molecular weight excluding hydrogens is 286 g/mol. The average molecular weight is 305 g/mol. The molecule has 0 saturated carbocycles. The van der Waals surface area contributed by atoms with Gasteiger partial charge in [-0.1, -0.05) is 23.3 Å². The largest absolute Gasteiger partial charge is 0.508 e. The van der Waals surface area contributed by atoms with Gasteiger partial charge in [0.15, 0.2) is 6.17 Å². The minimum atomic E-state index is -0.214. The molecule has 1 atom stereocenters. The zero-order chi connectivity index (χ0) is 16.1. The second kappa shape index (κ2) is 4.88. The normalized spacial score (nSPS) is 15.7. The summed E-state index contributed by atoms with van der Waals surface area (Å²) in [5, 5.41) is 18.5. The second-order valence-electron chi connectivity index (χ2n) is 6.27. The predicted octanol–water partition coefficient (Wildman–Crippen LogP) is 4.15. The van der Waals surface area contributed by atoms with Crippen molar-refractivity contribution in [2.24, 2.45) is 0 Å². The highest BCUT2D eigenvalue weighted by Gasteiger charge is 2.28. The number of nitrogens with one attached hydrogen (secondary N) is 1. The van der Waals surface area contributed by atoms with E-state index in [1.165, 1.54) is 5.56 Å². The number of phenolic OH excluding ortho intramolecular Hbond substituents is 1. The van der Waals surface area contributed by atoms with E-state index in [4.69, 9.17) is 0 Å². The van der Waals surface area contributed by atoms with E-state index in [2.05, 4.69) is 41.6 Å². The Balaban J connectivity index is 1.94. The van der Waals surface area contributed by atoms with E-state index in [1.807, 2.05) is 30.7 Å². The highest BCUT2D eigenvalue weighted by atomic mass is 16.3. The molecule has 2 heterocycles. The molecule has 3 aromatic rings. The van der Waals surface area contributed by atoms with Gasteiger partial charge in [0, 0.05) is 16.8 Å². The molecule has 0 radical (unpaired) electrons. The Labute approximate surface area is 135 Å². The Morgan fingerprint density at radius 1 is 1.00 bits per heavy atom. The standard InChI is InChI=1S/C19H19N3O/c1-11-4-6-16-14(8-11)17-10-13(3)21-22(17)19(20-16)15-9-12(2)5-7-18(15)23/h4-10,19-20,23H,1-3H3/t19-/m1/s1. The molecule has 116 valence electrons. The van der Waals surface area contributed by atoms with E-state index < -0.39 is 0 Å². The van der Waals surface area contributed by atoms with Crippen LogP contribution in [0.15, 0.2) is 42.5 Å². The molecule has 23 heavy (non-hydrogen) atoms. The van der Waals surface area contributed by atoms with Crippen LogP contribution < -0.4 is 5.32 Å². The van der Waals surface area contributed by atoms with Crippen molar-refractivity contribution in [3.63, 3.8) is 0 Å². The SMILES string of the molecule is Cc1ccc2c(c1)-c1cc(C)nn1[C@H](c1cc(C)ccc1O)N2. The Kier molecular flexibility index (Phi) is 2.94. The van der Waals surface area contributed by atoms with Crippen LogP contribution in [-0.4, -0.2) is 14.9 Å². The van der Waals surface area contributed by atoms with Crippen molar-refractivity contribution in [3.05, 3.63) is 64.8 Å². The van der Waals surface area contributed by atoms with Crippen LogP contribution in [0.25, 0.3) is 11.3 Å². The lowest BCUT2D eigenvalue weighted by molar-refractivity contribution is 0.452. The van der Waals surface area contributed by atoms with Gasteiger partial charge in [0.2, 0.25) is 0 Å². The summed E-state index contributed by atoms with van der Waals surface area (Å²) in [6.07, 6.45) is -0.214. The van der Waals surface area contributed by atoms with Crippen molar-refractivity contribution < 1.29 is 5.11 Å². The van der Waals surface area contributed by atoms with Gasteiger partial charge in [-0.3, -0.25) is 0 Å². The summed E-state index contributed by atoms with van der Waals surface area (Å²) in [7, 11) is 0. The number of aryl methyl sites for hydroxylation is 3. The smallest absolute Gasteiger partial charge is 0.150 e. The molecule has 1 aliphatic rings. The van der Waals surface area contributed by atoms with Crippen LogP contribution in [0.2, 0.25) is 0 Å². The van der Waals surface area contributed by atoms with Gasteiger partial charge in [-0.25, -0.2) is 4.68 Å². The molecule has 0 unspecified atom stereocenters. The molecule has 2 aromatic carbocycles. The van der Waals surface area contributed by atoms with Crippen LogP contribution >= 0.6 is 0 Å². The minimum absolute atomic E-state index is 0.214. The first-order valence-corrected chi connectivity index (χ1v) is 7.76.